The Labute approximate surface area is 162 Å². The van der Waals surface area contributed by atoms with Crippen molar-refractivity contribution in [2.45, 2.75) is 32.6 Å². The molecule has 0 radical (unpaired) electrons. The molecule has 6 heteroatoms. The molecule has 2 rings (SSSR count). The number of halogens is 2. The van der Waals surface area contributed by atoms with E-state index in [1.807, 2.05) is 26.0 Å². The molecule has 0 unspecified atom stereocenters. The number of phenolic OH excluding ortho intramolecular Hbond substituents is 1. The Morgan fingerprint density at radius 1 is 1.12 bits per heavy atom. The lowest BCUT2D eigenvalue weighted by molar-refractivity contribution is -0.139. The Morgan fingerprint density at radius 2 is 1.73 bits per heavy atom. The van der Waals surface area contributed by atoms with Crippen LogP contribution >= 0.6 is 23.2 Å². The lowest BCUT2D eigenvalue weighted by Crippen LogP contribution is -2.10. The van der Waals surface area contributed by atoms with Gasteiger partial charge in [0, 0.05) is 22.0 Å². The maximum Gasteiger partial charge on any atom is 0.313 e. The molecule has 0 aliphatic carbocycles. The number of carbonyl (C=O) groups is 2. The maximum atomic E-state index is 12.1. The van der Waals surface area contributed by atoms with Gasteiger partial charge in [-0.1, -0.05) is 49.2 Å². The van der Waals surface area contributed by atoms with Gasteiger partial charge in [0.2, 0.25) is 0 Å². The second-order valence-electron chi connectivity index (χ2n) is 6.32. The van der Waals surface area contributed by atoms with E-state index >= 15 is 0 Å². The Hall–Kier alpha value is -2.04. The van der Waals surface area contributed by atoms with E-state index in [1.54, 1.807) is 6.07 Å². The predicted molar refractivity (Wildman–Crippen MR) is 102 cm³/mol. The summed E-state index contributed by atoms with van der Waals surface area (Å²) in [6.45, 7) is 4.00. The number of carbonyl (C=O) groups excluding carboxylic acids is 2. The summed E-state index contributed by atoms with van der Waals surface area (Å²) in [6, 6.07) is 8.41. The molecule has 4 nitrogen and oxygen atoms in total. The highest BCUT2D eigenvalue weighted by molar-refractivity contribution is 6.36. The normalized spacial score (nSPS) is 10.8. The smallest absolute Gasteiger partial charge is 0.313 e. The van der Waals surface area contributed by atoms with E-state index in [2.05, 4.69) is 4.74 Å². The highest BCUT2D eigenvalue weighted by Crippen LogP contribution is 2.32. The van der Waals surface area contributed by atoms with Gasteiger partial charge in [0.05, 0.1) is 7.11 Å². The molecule has 0 aromatic heterocycles. The van der Waals surface area contributed by atoms with Crippen LogP contribution in [0.2, 0.25) is 10.0 Å². The van der Waals surface area contributed by atoms with Crippen LogP contribution in [0.5, 0.6) is 5.75 Å². The number of esters is 1. The summed E-state index contributed by atoms with van der Waals surface area (Å²) in [6.07, 6.45) is 0.0986. The third-order valence-electron chi connectivity index (χ3n) is 4.09. The van der Waals surface area contributed by atoms with Gasteiger partial charge in [0.15, 0.2) is 5.78 Å². The van der Waals surface area contributed by atoms with E-state index in [-0.39, 0.29) is 23.7 Å². The van der Waals surface area contributed by atoms with Crippen molar-refractivity contribution in [3.05, 3.63) is 62.6 Å². The first-order valence-corrected chi connectivity index (χ1v) is 8.88. The first kappa shape index (κ1) is 20.3. The Balaban J connectivity index is 2.30. The first-order valence-electron chi connectivity index (χ1n) is 8.12. The van der Waals surface area contributed by atoms with Gasteiger partial charge in [0.1, 0.15) is 12.2 Å². The molecule has 1 N–H and O–H groups in total. The summed E-state index contributed by atoms with van der Waals surface area (Å²) < 4.78 is 4.50. The molecular weight excluding hydrogens is 375 g/mol. The van der Waals surface area contributed by atoms with Crippen LogP contribution in [0, 0.1) is 0 Å². The predicted octanol–water partition coefficient (Wildman–Crippen LogP) is 5.16. The molecule has 138 valence electrons. The van der Waals surface area contributed by atoms with E-state index in [0.29, 0.717) is 22.0 Å². The lowest BCUT2D eigenvalue weighted by Gasteiger charge is -2.13. The van der Waals surface area contributed by atoms with Crippen LogP contribution in [0.4, 0.5) is 0 Å². The molecule has 0 atom stereocenters. The largest absolute Gasteiger partial charge is 0.508 e. The zero-order valence-corrected chi connectivity index (χ0v) is 16.3. The van der Waals surface area contributed by atoms with Gasteiger partial charge in [-0.2, -0.15) is 0 Å². The number of rotatable bonds is 6. The fourth-order valence-electron chi connectivity index (χ4n) is 2.62. The van der Waals surface area contributed by atoms with Gasteiger partial charge in [-0.15, -0.1) is 0 Å². The van der Waals surface area contributed by atoms with Crippen LogP contribution in [-0.4, -0.2) is 24.0 Å². The van der Waals surface area contributed by atoms with E-state index < -0.39 is 11.8 Å². The van der Waals surface area contributed by atoms with E-state index in [1.165, 1.54) is 19.2 Å². The summed E-state index contributed by atoms with van der Waals surface area (Å²) in [4.78, 5) is 23.4. The van der Waals surface area contributed by atoms with Crippen LogP contribution in [-0.2, 0) is 16.0 Å². The molecule has 0 heterocycles. The Bertz CT molecular complexity index is 821. The quantitative estimate of drug-likeness (QED) is 0.417. The van der Waals surface area contributed by atoms with E-state index in [4.69, 9.17) is 23.2 Å². The van der Waals surface area contributed by atoms with Crippen molar-refractivity contribution in [1.29, 1.82) is 0 Å². The van der Waals surface area contributed by atoms with Crippen molar-refractivity contribution < 1.29 is 19.4 Å². The molecule has 2 aromatic carbocycles. The number of ether oxygens (including phenoxy) is 1. The summed E-state index contributed by atoms with van der Waals surface area (Å²) in [5.74, 6) is -0.584. The SMILES string of the molecule is COC(=O)CC(=O)c1cc(Cl)c(Cc2ccc(O)c(C(C)C)c2)c(Cl)c1. The van der Waals surface area contributed by atoms with Crippen molar-refractivity contribution in [2.24, 2.45) is 0 Å². The number of hydrogen-bond acceptors (Lipinski definition) is 4. The van der Waals surface area contributed by atoms with Crippen LogP contribution < -0.4 is 0 Å². The molecule has 0 bridgehead atoms. The van der Waals surface area contributed by atoms with Gasteiger partial charge in [-0.25, -0.2) is 0 Å². The zero-order chi connectivity index (χ0) is 19.4. The standard InChI is InChI=1S/C20H20Cl2O4/c1-11(2)14-6-12(4-5-18(14)23)7-15-16(21)8-13(9-17(15)22)19(24)10-20(25)26-3/h4-6,8-9,11,23H,7,10H2,1-3H3. The number of hydrogen-bond donors (Lipinski definition) is 1. The average molecular weight is 395 g/mol. The number of Topliss-reactive ketones (excluding diaryl/α,β-unsaturated/α-hetero) is 1. The van der Waals surface area contributed by atoms with Crippen molar-refractivity contribution in [1.82, 2.24) is 0 Å². The third kappa shape index (κ3) is 4.77. The lowest BCUT2D eigenvalue weighted by atomic mass is 9.96. The van der Waals surface area contributed by atoms with Crippen molar-refractivity contribution in [2.75, 3.05) is 7.11 Å². The summed E-state index contributed by atoms with van der Waals surface area (Å²) in [5, 5.41) is 10.6. The van der Waals surface area contributed by atoms with Gasteiger partial charge in [-0.05, 0) is 40.8 Å². The third-order valence-corrected chi connectivity index (χ3v) is 4.76. The molecule has 0 fully saturated rings. The minimum absolute atomic E-state index is 0.180. The minimum atomic E-state index is -0.614. The number of aromatic hydroxyl groups is 1. The molecule has 0 aliphatic rings. The van der Waals surface area contributed by atoms with E-state index in [9.17, 15) is 14.7 Å². The van der Waals surface area contributed by atoms with Crippen LogP contribution in [0.1, 0.15) is 53.2 Å². The fraction of sp³-hybridized carbons (Fsp3) is 0.300. The van der Waals surface area contributed by atoms with Crippen molar-refractivity contribution in [3.63, 3.8) is 0 Å². The van der Waals surface area contributed by atoms with Crippen LogP contribution in [0.15, 0.2) is 30.3 Å². The van der Waals surface area contributed by atoms with Crippen molar-refractivity contribution >= 4 is 35.0 Å². The number of benzene rings is 2. The summed E-state index contributed by atoms with van der Waals surface area (Å²) in [7, 11) is 1.22. The molecule has 0 spiro atoms. The van der Waals surface area contributed by atoms with Crippen LogP contribution in [0.25, 0.3) is 0 Å². The average Bonchev–Trinajstić information content (AvgIpc) is 2.58. The van der Waals surface area contributed by atoms with Crippen molar-refractivity contribution in [3.8, 4) is 5.75 Å². The summed E-state index contributed by atoms with van der Waals surface area (Å²) >= 11 is 12.7. The number of ketones is 1. The highest BCUT2D eigenvalue weighted by Gasteiger charge is 2.17. The number of phenols is 1. The van der Waals surface area contributed by atoms with Crippen LogP contribution in [0.3, 0.4) is 0 Å². The topological polar surface area (TPSA) is 63.6 Å². The van der Waals surface area contributed by atoms with Gasteiger partial charge < -0.3 is 9.84 Å². The molecule has 0 amide bonds. The highest BCUT2D eigenvalue weighted by atomic mass is 35.5. The molecular formula is C20H20Cl2O4. The Morgan fingerprint density at radius 3 is 2.27 bits per heavy atom. The van der Waals surface area contributed by atoms with Gasteiger partial charge in [-0.3, -0.25) is 9.59 Å². The molecule has 2 aromatic rings. The molecule has 26 heavy (non-hydrogen) atoms. The van der Waals surface area contributed by atoms with Gasteiger partial charge >= 0.3 is 5.97 Å². The molecule has 0 saturated heterocycles. The zero-order valence-electron chi connectivity index (χ0n) is 14.8. The van der Waals surface area contributed by atoms with E-state index in [0.717, 1.165) is 11.1 Å². The first-order chi connectivity index (χ1) is 12.2. The van der Waals surface area contributed by atoms with Gasteiger partial charge in [0.25, 0.3) is 0 Å². The second-order valence-corrected chi connectivity index (χ2v) is 7.13. The fourth-order valence-corrected chi connectivity index (χ4v) is 3.24. The molecule has 0 saturated carbocycles. The summed E-state index contributed by atoms with van der Waals surface area (Å²) in [5.41, 5.74) is 2.75. The maximum absolute atomic E-state index is 12.1. The Kier molecular flexibility index (Phi) is 6.68. The molecule has 0 aliphatic heterocycles. The second kappa shape index (κ2) is 8.56. The monoisotopic (exact) mass is 394 g/mol. The number of methoxy groups -OCH3 is 1. The minimum Gasteiger partial charge on any atom is -0.508 e.